The van der Waals surface area contributed by atoms with Crippen molar-refractivity contribution in [2.24, 2.45) is 23.1 Å². The van der Waals surface area contributed by atoms with E-state index in [0.29, 0.717) is 44.1 Å². The van der Waals surface area contributed by atoms with E-state index in [-0.39, 0.29) is 127 Å². The van der Waals surface area contributed by atoms with Gasteiger partial charge in [0.05, 0.1) is 30.1 Å². The van der Waals surface area contributed by atoms with E-state index in [9.17, 15) is 5.11 Å². The lowest BCUT2D eigenvalue weighted by Gasteiger charge is -2.34. The lowest BCUT2D eigenvalue weighted by molar-refractivity contribution is -0.145. The Hall–Kier alpha value is -14.6. The van der Waals surface area contributed by atoms with Gasteiger partial charge in [0.15, 0.2) is 17.9 Å². The van der Waals surface area contributed by atoms with Crippen molar-refractivity contribution in [3.05, 3.63) is 180 Å². The first-order valence-electron chi connectivity index (χ1n) is 45.8. The number of likely N-dealkylation sites (N-methyl/N-ethyl adjacent to an activating group) is 1. The van der Waals surface area contributed by atoms with E-state index in [1.165, 1.54) is 37.0 Å². The number of aliphatic hydroxyl groups excluding tert-OH is 1. The molecule has 8 aromatic rings. The van der Waals surface area contributed by atoms with E-state index in [1.54, 1.807) is 123 Å². The minimum absolute atomic E-state index is 0.00464. The summed E-state index contributed by atoms with van der Waals surface area (Å²) in [6.45, 7) is 4.47. The molecule has 3 fully saturated rings. The van der Waals surface area contributed by atoms with Crippen molar-refractivity contribution in [2.45, 2.75) is 208 Å². The van der Waals surface area contributed by atoms with Gasteiger partial charge in [-0.15, -0.1) is 0 Å². The third-order valence-corrected chi connectivity index (χ3v) is 26.7. The van der Waals surface area contributed by atoms with Gasteiger partial charge in [-0.25, -0.2) is 9.97 Å². The number of fused-ring (bicyclic) bond motifs is 8. The van der Waals surface area contributed by atoms with Crippen LogP contribution in [0.5, 0.6) is 0 Å². The first-order chi connectivity index (χ1) is 66.3. The van der Waals surface area contributed by atoms with Crippen LogP contribution in [0.3, 0.4) is 0 Å². The van der Waals surface area contributed by atoms with E-state index in [2.05, 4.69) is 110 Å². The first kappa shape index (κ1) is 104. The van der Waals surface area contributed by atoms with Gasteiger partial charge >= 0.3 is 0 Å². The summed E-state index contributed by atoms with van der Waals surface area (Å²) in [7, 11) is 2.99. The maximum absolute atomic E-state index is 15.9. The van der Waals surface area contributed by atoms with E-state index in [0.717, 1.165) is 33.4 Å². The van der Waals surface area contributed by atoms with Gasteiger partial charge < -0.3 is 132 Å². The number of nitrogens with two attached hydrogens (primary N) is 3. The summed E-state index contributed by atoms with van der Waals surface area (Å²) in [6, 6.07) is 8.40. The highest BCUT2D eigenvalue weighted by Crippen LogP contribution is 2.29. The van der Waals surface area contributed by atoms with Crippen molar-refractivity contribution in [1.82, 2.24) is 119 Å². The molecule has 3 saturated heterocycles. The molecule has 0 saturated carbocycles. The number of aromatic nitrogens is 6. The summed E-state index contributed by atoms with van der Waals surface area (Å²) in [5.41, 5.74) is 21.0. The first-order valence-corrected chi connectivity index (χ1v) is 48.3. The van der Waals surface area contributed by atoms with Gasteiger partial charge in [0.25, 0.3) is 0 Å². The Balaban J connectivity index is 1.05. The average Bonchev–Trinajstić information content (AvgIpc) is 1.64. The molecule has 4 aromatic carbocycles. The van der Waals surface area contributed by atoms with Crippen LogP contribution in [-0.4, -0.2) is 281 Å². The third kappa shape index (κ3) is 29.7. The molecule has 738 valence electrons. The molecular weight excluding hydrogens is 1820 g/mol. The Morgan fingerprint density at radius 1 is 0.435 bits per heavy atom. The van der Waals surface area contributed by atoms with Gasteiger partial charge in [-0.1, -0.05) is 139 Å². The minimum Gasteiger partial charge on any atom is -0.391 e. The Kier molecular flexibility index (Phi) is 38.3. The molecule has 0 spiro atoms. The van der Waals surface area contributed by atoms with Crippen LogP contribution in [0.4, 0.5) is 0 Å². The molecule has 3 aliphatic heterocycles. The Labute approximate surface area is 803 Å². The number of H-pyrrole nitrogens is 4. The van der Waals surface area contributed by atoms with Gasteiger partial charge in [-0.2, -0.15) is 0 Å². The number of carbonyl (C=O) groups excluding carboxylic acids is 14. The van der Waals surface area contributed by atoms with Crippen molar-refractivity contribution in [2.75, 3.05) is 44.7 Å². The maximum atomic E-state index is 15.9. The van der Waals surface area contributed by atoms with Crippen LogP contribution >= 0.6 is 21.6 Å². The second-order valence-electron chi connectivity index (χ2n) is 34.4. The number of amides is 14. The molecule has 14 amide bonds. The molecule has 46 heteroatoms. The summed E-state index contributed by atoms with van der Waals surface area (Å²) < 4.78 is 0. The molecule has 3 aliphatic rings. The van der Waals surface area contributed by atoms with Crippen LogP contribution < -0.4 is 97.0 Å². The highest BCUT2D eigenvalue weighted by atomic mass is 33.1. The molecule has 7 heterocycles. The number of benzene rings is 4. The summed E-state index contributed by atoms with van der Waals surface area (Å²) in [4.78, 5) is 242. The number of guanidine groups is 3. The van der Waals surface area contributed by atoms with E-state index >= 15 is 67.1 Å². The highest BCUT2D eigenvalue weighted by Gasteiger charge is 2.45. The molecule has 138 heavy (non-hydrogen) atoms. The van der Waals surface area contributed by atoms with Gasteiger partial charge in [0, 0.05) is 130 Å². The van der Waals surface area contributed by atoms with Crippen LogP contribution in [0.15, 0.2) is 147 Å². The topological polar surface area (TPSA) is 685 Å². The van der Waals surface area contributed by atoms with E-state index in [4.69, 9.17) is 33.4 Å². The predicted molar refractivity (Wildman–Crippen MR) is 517 cm³/mol. The predicted octanol–water partition coefficient (Wildman–Crippen LogP) is -1.89. The number of aromatic amines is 4. The van der Waals surface area contributed by atoms with Gasteiger partial charge in [-0.05, 0) is 98.6 Å². The summed E-state index contributed by atoms with van der Waals surface area (Å²) in [5.74, 6) is -16.7. The largest absolute Gasteiger partial charge is 0.391 e. The highest BCUT2D eigenvalue weighted by molar-refractivity contribution is 8.76. The zero-order valence-electron chi connectivity index (χ0n) is 76.9. The zero-order chi connectivity index (χ0) is 99.1. The van der Waals surface area contributed by atoms with Crippen molar-refractivity contribution in [3.8, 4) is 0 Å². The molecule has 0 unspecified atom stereocenters. The summed E-state index contributed by atoms with van der Waals surface area (Å²) in [5, 5.41) is 78.4. The number of nitrogens with one attached hydrogen (secondary N) is 22. The van der Waals surface area contributed by atoms with Crippen LogP contribution in [-0.2, 0) is 106 Å². The van der Waals surface area contributed by atoms with Crippen molar-refractivity contribution in [1.29, 1.82) is 16.2 Å². The van der Waals surface area contributed by atoms with Crippen LogP contribution in [0.2, 0.25) is 0 Å². The van der Waals surface area contributed by atoms with E-state index in [1.807, 2.05) is 12.1 Å². The average molecular weight is 1940 g/mol. The van der Waals surface area contributed by atoms with Crippen LogP contribution in [0.1, 0.15) is 112 Å². The third-order valence-electron chi connectivity index (χ3n) is 24.3. The standard InChI is InChI=1S/C92H123N29O15S2/c1-5-50(2)74-86(133)117-70-46-137-138-47-71(116-77(124)63(29-17-33-102-91(95)96)109-79(126)65(38-54-42-104-60-26-14-12-24-58(54)60)111-76(123)62(28-16-32-101-90(93)94)108-78(125)64(36-52-20-8-6-9-21-52)110-80(127)66(112-82(70)129)40-56-44-99-48-106-56)83(130)119-75(51(3)122)87(134)113-67(41-57-45-100-49-107-57)81(128)114-68(37-53-22-10-7-11-23-53)88(135)120(4)72(30-18-34-103-92(97)98)84(131)115-69(39-55-43-105-61-27-15-13-25-59(55)61)89(136)121-35-19-31-73(121)85(132)118-74/h6-15,20-27,42-45,48-51,62-75,104-105,122H,5,16-19,28-41,46-47H2,1-4H3,(H,99,106)(H,100,107)(H,108,125)(H,109,126)(H,110,127)(H,111,123)(H,112,129)(H,113,134)(H,114,128)(H,115,131)(H,116,124)(H,117,133)(H,118,132)(H,119,130)(H4,93,94,101)(H4,95,96,102)(H4,97,98,103)/t50-,51+,62-,63-,64+,65-,66-,67-,68+,69-,70-,71-,72-,73-,74-,75-/m0/s1. The van der Waals surface area contributed by atoms with Crippen molar-refractivity contribution in [3.63, 3.8) is 0 Å². The smallest absolute Gasteiger partial charge is 0.246 e. The number of para-hydroxylation sites is 2. The zero-order valence-corrected chi connectivity index (χ0v) is 78.6. The Morgan fingerprint density at radius 3 is 1.30 bits per heavy atom. The molecule has 16 atom stereocenters. The molecule has 4 aromatic heterocycles. The van der Waals surface area contributed by atoms with Crippen LogP contribution in [0, 0.1) is 22.1 Å². The monoisotopic (exact) mass is 1940 g/mol. The molecular formula is C92H123N29O15S2. The van der Waals surface area contributed by atoms with Gasteiger partial charge in [0.2, 0.25) is 82.7 Å². The molecule has 29 N–H and O–H groups in total. The Morgan fingerprint density at radius 2 is 0.819 bits per heavy atom. The van der Waals surface area contributed by atoms with Gasteiger partial charge in [0.1, 0.15) is 84.6 Å². The minimum atomic E-state index is -2.03. The number of aliphatic hydroxyl groups is 1. The van der Waals surface area contributed by atoms with Crippen molar-refractivity contribution >= 4 is 144 Å². The summed E-state index contributed by atoms with van der Waals surface area (Å²) >= 11 is 0. The van der Waals surface area contributed by atoms with Gasteiger partial charge in [-0.3, -0.25) is 83.4 Å². The number of hydrogen-bond acceptors (Lipinski definition) is 22. The lowest BCUT2D eigenvalue weighted by atomic mass is 9.97. The number of rotatable bonds is 27. The quantitative estimate of drug-likeness (QED) is 0.0116. The number of imidazole rings is 2. The lowest BCUT2D eigenvalue weighted by Crippen LogP contribution is -2.63. The maximum Gasteiger partial charge on any atom is 0.246 e. The summed E-state index contributed by atoms with van der Waals surface area (Å²) in [6.07, 6.45) is 5.13. The fourth-order valence-corrected chi connectivity index (χ4v) is 19.0. The van der Waals surface area contributed by atoms with Crippen molar-refractivity contribution < 1.29 is 72.2 Å². The normalized spacial score (nSPS) is 23.9. The number of nitrogens with zero attached hydrogens (tertiary/aromatic N) is 4. The van der Waals surface area contributed by atoms with Crippen LogP contribution in [0.25, 0.3) is 21.8 Å². The molecule has 44 nitrogen and oxygen atoms in total. The molecule has 2 bridgehead atoms. The second-order valence-corrected chi connectivity index (χ2v) is 37.0. The SMILES string of the molecule is CC[C@H](C)[C@@H]1NC(=O)[C@@H]2CCCN2C(=O)[C@H](Cc2c[nH]c3ccccc23)NC(=O)[C@H](CCCNC(=N)N)N(C)C(=O)[C@@H](Cc2ccccc2)NC(=O)[C@H](Cc2c[nH]cn2)NC(=O)[C@H]([C@@H](C)O)NC(=O)[C@@H]2CSSC[C@H](NC1=O)C(=O)N[C@@H](Cc1c[nH]cn1)C(=O)N[C@H](Cc1ccccc1)C(=O)N[C@@H](CCCNC(=N)N)C(=O)N[C@@H](Cc1c[nH]c3ccccc13)C(=O)N[C@@H](CCCNC(=N)N)C(=O)N2. The fraction of sp³-hybridized carbons (Fsp3) is 0.446. The van der Waals surface area contributed by atoms with E-state index < -0.39 is 215 Å². The molecule has 11 rings (SSSR count). The number of hydrogen-bond donors (Lipinski definition) is 26. The molecule has 0 aliphatic carbocycles. The molecule has 0 radical (unpaired) electrons. The fourth-order valence-electron chi connectivity index (χ4n) is 16.6. The Bertz CT molecular complexity index is 5570. The number of carbonyl (C=O) groups is 14. The second kappa shape index (κ2) is 50.8.